The summed E-state index contributed by atoms with van der Waals surface area (Å²) in [6, 6.07) is 5.90. The zero-order valence-corrected chi connectivity index (χ0v) is 13.8. The van der Waals surface area contributed by atoms with Gasteiger partial charge in [-0.1, -0.05) is 31.4 Å². The van der Waals surface area contributed by atoms with Crippen molar-refractivity contribution in [3.63, 3.8) is 0 Å². The molecule has 1 aromatic rings. The van der Waals surface area contributed by atoms with Crippen molar-refractivity contribution in [3.8, 4) is 0 Å². The highest BCUT2D eigenvalue weighted by molar-refractivity contribution is 5.80. The van der Waals surface area contributed by atoms with Crippen LogP contribution in [0.25, 0.3) is 0 Å². The predicted octanol–water partition coefficient (Wildman–Crippen LogP) is 1.94. The first-order valence-corrected chi connectivity index (χ1v) is 8.46. The van der Waals surface area contributed by atoms with Gasteiger partial charge in [-0.15, -0.1) is 0 Å². The van der Waals surface area contributed by atoms with Crippen LogP contribution in [-0.4, -0.2) is 31.1 Å². The fraction of sp³-hybridized carbons (Fsp3) is 0.556. The number of nitrogens with two attached hydrogens (primary N) is 1. The molecule has 24 heavy (non-hydrogen) atoms. The normalized spacial score (nSPS) is 16.5. The number of hydrogen-bond donors (Lipinski definition) is 2. The maximum Gasteiger partial charge on any atom is 0.246 e. The van der Waals surface area contributed by atoms with E-state index < -0.39 is 11.8 Å². The average Bonchev–Trinajstić information content (AvgIpc) is 2.59. The van der Waals surface area contributed by atoms with Crippen LogP contribution in [0, 0.1) is 11.7 Å². The molecule has 6 heteroatoms. The first kappa shape index (κ1) is 18.4. The molecule has 1 atom stereocenters. The fourth-order valence-electron chi connectivity index (χ4n) is 2.89. The first-order valence-electron chi connectivity index (χ1n) is 8.46. The molecule has 5 nitrogen and oxygen atoms in total. The Hall–Kier alpha value is -1.95. The smallest absolute Gasteiger partial charge is 0.246 e. The van der Waals surface area contributed by atoms with Crippen molar-refractivity contribution in [1.82, 2.24) is 5.32 Å². The summed E-state index contributed by atoms with van der Waals surface area (Å²) in [5.74, 6) is -1.60. The highest BCUT2D eigenvalue weighted by Crippen LogP contribution is 2.20. The van der Waals surface area contributed by atoms with Crippen LogP contribution in [0.1, 0.15) is 37.7 Å². The summed E-state index contributed by atoms with van der Waals surface area (Å²) in [6.07, 6.45) is 6.05. The molecule has 0 aromatic heterocycles. The van der Waals surface area contributed by atoms with E-state index in [4.69, 9.17) is 10.5 Å². The van der Waals surface area contributed by atoms with Crippen molar-refractivity contribution in [1.29, 1.82) is 0 Å². The molecular formula is C18H25FN2O3. The number of carbonyl (C=O) groups is 2. The average molecular weight is 336 g/mol. The second kappa shape index (κ2) is 9.37. The molecule has 0 radical (unpaired) electrons. The molecule has 1 aromatic carbocycles. The van der Waals surface area contributed by atoms with E-state index in [0.29, 0.717) is 6.42 Å². The molecule has 0 heterocycles. The van der Waals surface area contributed by atoms with E-state index in [1.165, 1.54) is 18.6 Å². The van der Waals surface area contributed by atoms with Gasteiger partial charge in [-0.2, -0.15) is 0 Å². The van der Waals surface area contributed by atoms with Crippen molar-refractivity contribution in [3.05, 3.63) is 35.6 Å². The number of amides is 2. The fourth-order valence-corrected chi connectivity index (χ4v) is 2.89. The molecule has 2 amide bonds. The molecule has 0 unspecified atom stereocenters. The molecule has 132 valence electrons. The number of nitrogens with one attached hydrogen (secondary N) is 1. The van der Waals surface area contributed by atoms with E-state index in [9.17, 15) is 14.0 Å². The number of carbonyl (C=O) groups excluding carboxylic acids is 2. The molecule has 0 bridgehead atoms. The lowest BCUT2D eigenvalue weighted by molar-refractivity contribution is -0.129. The molecule has 3 N–H and O–H groups in total. The second-order valence-electron chi connectivity index (χ2n) is 6.30. The monoisotopic (exact) mass is 336 g/mol. The van der Waals surface area contributed by atoms with Gasteiger partial charge in [-0.3, -0.25) is 9.59 Å². The summed E-state index contributed by atoms with van der Waals surface area (Å²) in [7, 11) is 0. The highest BCUT2D eigenvalue weighted by atomic mass is 19.1. The Morgan fingerprint density at radius 2 is 1.88 bits per heavy atom. The van der Waals surface area contributed by atoms with Gasteiger partial charge in [0.05, 0.1) is 12.0 Å². The molecule has 0 saturated heterocycles. The number of rotatable bonds is 8. The van der Waals surface area contributed by atoms with Gasteiger partial charge in [0.1, 0.15) is 12.4 Å². The van der Waals surface area contributed by atoms with Crippen LogP contribution in [0.4, 0.5) is 4.39 Å². The minimum atomic E-state index is -0.533. The highest BCUT2D eigenvalue weighted by Gasteiger charge is 2.19. The Bertz CT molecular complexity index is 542. The Balaban J connectivity index is 1.74. The molecule has 2 rings (SSSR count). The van der Waals surface area contributed by atoms with E-state index in [-0.39, 0.29) is 31.0 Å². The maximum atomic E-state index is 12.9. The van der Waals surface area contributed by atoms with Crippen molar-refractivity contribution in [2.75, 3.05) is 13.2 Å². The van der Waals surface area contributed by atoms with Crippen LogP contribution >= 0.6 is 0 Å². The molecule has 1 saturated carbocycles. The first-order chi connectivity index (χ1) is 11.5. The molecular weight excluding hydrogens is 311 g/mol. The zero-order valence-electron chi connectivity index (χ0n) is 13.8. The standard InChI is InChI=1S/C18H25FN2O3/c19-15-8-6-13(7-9-15)10-14(18(20)23)11-21-17(22)12-24-16-4-2-1-3-5-16/h6-9,14,16H,1-5,10-12H2,(H2,20,23)(H,21,22)/t14-/m0/s1. The molecule has 0 aliphatic heterocycles. The van der Waals surface area contributed by atoms with Crippen LogP contribution < -0.4 is 11.1 Å². The van der Waals surface area contributed by atoms with Gasteiger partial charge in [-0.25, -0.2) is 4.39 Å². The molecule has 1 aliphatic carbocycles. The van der Waals surface area contributed by atoms with Crippen molar-refractivity contribution in [2.24, 2.45) is 11.7 Å². The summed E-state index contributed by atoms with van der Waals surface area (Å²) >= 11 is 0. The van der Waals surface area contributed by atoms with Crippen molar-refractivity contribution < 1.29 is 18.7 Å². The van der Waals surface area contributed by atoms with Gasteiger partial charge in [0.25, 0.3) is 0 Å². The molecule has 0 spiro atoms. The third kappa shape index (κ3) is 6.28. The topological polar surface area (TPSA) is 81.4 Å². The van der Waals surface area contributed by atoms with Gasteiger partial charge < -0.3 is 15.8 Å². The van der Waals surface area contributed by atoms with Gasteiger partial charge in [0.2, 0.25) is 11.8 Å². The van der Waals surface area contributed by atoms with E-state index in [0.717, 1.165) is 31.2 Å². The third-order valence-corrected chi connectivity index (χ3v) is 4.35. The SMILES string of the molecule is NC(=O)[C@H](CNC(=O)COC1CCCCC1)Cc1ccc(F)cc1. The van der Waals surface area contributed by atoms with Crippen LogP contribution in [0.15, 0.2) is 24.3 Å². The maximum absolute atomic E-state index is 12.9. The van der Waals surface area contributed by atoms with E-state index in [2.05, 4.69) is 5.32 Å². The Morgan fingerprint density at radius 1 is 1.21 bits per heavy atom. The minimum Gasteiger partial charge on any atom is -0.369 e. The second-order valence-corrected chi connectivity index (χ2v) is 6.30. The number of halogens is 1. The van der Waals surface area contributed by atoms with Crippen LogP contribution in [0.2, 0.25) is 0 Å². The molecule has 1 aliphatic rings. The largest absolute Gasteiger partial charge is 0.369 e. The summed E-state index contributed by atoms with van der Waals surface area (Å²) in [4.78, 5) is 23.4. The summed E-state index contributed by atoms with van der Waals surface area (Å²) in [6.45, 7) is 0.159. The number of primary amides is 1. The Morgan fingerprint density at radius 3 is 2.50 bits per heavy atom. The Labute approximate surface area is 141 Å². The molecule has 1 fully saturated rings. The third-order valence-electron chi connectivity index (χ3n) is 4.35. The van der Waals surface area contributed by atoms with Gasteiger partial charge >= 0.3 is 0 Å². The lowest BCUT2D eigenvalue weighted by atomic mass is 9.98. The predicted molar refractivity (Wildman–Crippen MR) is 88.6 cm³/mol. The quantitative estimate of drug-likeness (QED) is 0.761. The van der Waals surface area contributed by atoms with E-state index >= 15 is 0 Å². The number of ether oxygens (including phenoxy) is 1. The van der Waals surface area contributed by atoms with Gasteiger partial charge in [0.15, 0.2) is 0 Å². The zero-order chi connectivity index (χ0) is 17.4. The minimum absolute atomic E-state index is 0.00664. The van der Waals surface area contributed by atoms with Crippen molar-refractivity contribution >= 4 is 11.8 Å². The van der Waals surface area contributed by atoms with Crippen LogP contribution in [-0.2, 0) is 20.7 Å². The van der Waals surface area contributed by atoms with E-state index in [1.54, 1.807) is 12.1 Å². The Kier molecular flexibility index (Phi) is 7.18. The number of hydrogen-bond acceptors (Lipinski definition) is 3. The van der Waals surface area contributed by atoms with E-state index in [1.807, 2.05) is 0 Å². The summed E-state index contributed by atoms with van der Waals surface area (Å²) in [5.41, 5.74) is 6.19. The van der Waals surface area contributed by atoms with Crippen molar-refractivity contribution in [2.45, 2.75) is 44.6 Å². The van der Waals surface area contributed by atoms with Gasteiger partial charge in [-0.05, 0) is 37.0 Å². The summed E-state index contributed by atoms with van der Waals surface area (Å²) in [5, 5.41) is 2.70. The summed E-state index contributed by atoms with van der Waals surface area (Å²) < 4.78 is 18.5. The van der Waals surface area contributed by atoms with Crippen LogP contribution in [0.5, 0.6) is 0 Å². The lowest BCUT2D eigenvalue weighted by Crippen LogP contribution is -2.39. The van der Waals surface area contributed by atoms with Crippen LogP contribution in [0.3, 0.4) is 0 Å². The lowest BCUT2D eigenvalue weighted by Gasteiger charge is -2.22. The van der Waals surface area contributed by atoms with Gasteiger partial charge in [0, 0.05) is 6.54 Å². The number of benzene rings is 1.